The summed E-state index contributed by atoms with van der Waals surface area (Å²) in [6.07, 6.45) is 1.57. The van der Waals surface area contributed by atoms with Crippen molar-refractivity contribution in [1.29, 1.82) is 0 Å². The molecule has 3 rings (SSSR count). The van der Waals surface area contributed by atoms with E-state index in [0.717, 1.165) is 23.7 Å². The van der Waals surface area contributed by atoms with Gasteiger partial charge < -0.3 is 10.1 Å². The summed E-state index contributed by atoms with van der Waals surface area (Å²) in [5, 5.41) is 10.9. The molecule has 0 radical (unpaired) electrons. The van der Waals surface area contributed by atoms with E-state index in [1.807, 2.05) is 24.3 Å². The van der Waals surface area contributed by atoms with E-state index >= 15 is 0 Å². The number of carbonyl (C=O) groups is 1. The number of ether oxygens (including phenoxy) is 1. The summed E-state index contributed by atoms with van der Waals surface area (Å²) >= 11 is 0. The SMILES string of the molecule is O=C(Nc1n[nH]c2ccccc12)C1CCOCC1. The Morgan fingerprint density at radius 3 is 2.94 bits per heavy atom. The lowest BCUT2D eigenvalue weighted by atomic mass is 9.99. The Kier molecular flexibility index (Phi) is 2.98. The number of aromatic nitrogens is 2. The molecule has 1 aliphatic heterocycles. The maximum absolute atomic E-state index is 12.1. The van der Waals surface area contributed by atoms with Crippen molar-refractivity contribution in [2.24, 2.45) is 5.92 Å². The molecule has 1 aliphatic rings. The Morgan fingerprint density at radius 2 is 2.11 bits per heavy atom. The van der Waals surface area contributed by atoms with Gasteiger partial charge in [-0.25, -0.2) is 0 Å². The maximum atomic E-state index is 12.1. The van der Waals surface area contributed by atoms with Gasteiger partial charge in [0.2, 0.25) is 5.91 Å². The van der Waals surface area contributed by atoms with Gasteiger partial charge >= 0.3 is 0 Å². The largest absolute Gasteiger partial charge is 0.381 e. The summed E-state index contributed by atoms with van der Waals surface area (Å²) < 4.78 is 5.25. The Hall–Kier alpha value is -1.88. The van der Waals surface area contributed by atoms with Crippen LogP contribution in [0.5, 0.6) is 0 Å². The van der Waals surface area contributed by atoms with Crippen molar-refractivity contribution in [3.8, 4) is 0 Å². The van der Waals surface area contributed by atoms with Crippen LogP contribution in [0.2, 0.25) is 0 Å². The highest BCUT2D eigenvalue weighted by Crippen LogP contribution is 2.22. The first-order chi connectivity index (χ1) is 8.84. The molecule has 94 valence electrons. The number of para-hydroxylation sites is 1. The second-order valence-electron chi connectivity index (χ2n) is 4.49. The lowest BCUT2D eigenvalue weighted by Gasteiger charge is -2.20. The number of carbonyl (C=O) groups excluding carboxylic acids is 1. The van der Waals surface area contributed by atoms with Crippen LogP contribution in [0.3, 0.4) is 0 Å². The van der Waals surface area contributed by atoms with E-state index in [4.69, 9.17) is 4.74 Å². The zero-order chi connectivity index (χ0) is 12.4. The quantitative estimate of drug-likeness (QED) is 0.849. The maximum Gasteiger partial charge on any atom is 0.228 e. The molecule has 0 saturated carbocycles. The number of H-pyrrole nitrogens is 1. The summed E-state index contributed by atoms with van der Waals surface area (Å²) in [7, 11) is 0. The van der Waals surface area contributed by atoms with Crippen LogP contribution in [-0.4, -0.2) is 29.3 Å². The summed E-state index contributed by atoms with van der Waals surface area (Å²) in [5.41, 5.74) is 0.930. The fraction of sp³-hybridized carbons (Fsp3) is 0.385. The second kappa shape index (κ2) is 4.78. The molecule has 0 atom stereocenters. The molecule has 2 heterocycles. The first-order valence-corrected chi connectivity index (χ1v) is 6.16. The standard InChI is InChI=1S/C13H15N3O2/c17-13(9-5-7-18-8-6-9)14-12-10-3-1-2-4-11(10)15-16-12/h1-4,9H,5-8H2,(H2,14,15,16,17). The molecule has 0 spiro atoms. The number of fused-ring (bicyclic) bond motifs is 1. The number of nitrogens with one attached hydrogen (secondary N) is 2. The van der Waals surface area contributed by atoms with Gasteiger partial charge in [0.15, 0.2) is 5.82 Å². The minimum Gasteiger partial charge on any atom is -0.381 e. The van der Waals surface area contributed by atoms with E-state index in [1.165, 1.54) is 0 Å². The highest BCUT2D eigenvalue weighted by atomic mass is 16.5. The van der Waals surface area contributed by atoms with Gasteiger partial charge in [0.1, 0.15) is 0 Å². The monoisotopic (exact) mass is 245 g/mol. The minimum atomic E-state index is 0.0363. The van der Waals surface area contributed by atoms with Crippen LogP contribution in [-0.2, 0) is 9.53 Å². The van der Waals surface area contributed by atoms with Crippen LogP contribution < -0.4 is 5.32 Å². The third-order valence-electron chi connectivity index (χ3n) is 3.30. The Labute approximate surface area is 105 Å². The van der Waals surface area contributed by atoms with Gasteiger partial charge in [-0.2, -0.15) is 5.10 Å². The number of rotatable bonds is 2. The van der Waals surface area contributed by atoms with Gasteiger partial charge in [0, 0.05) is 24.5 Å². The van der Waals surface area contributed by atoms with E-state index in [9.17, 15) is 4.79 Å². The summed E-state index contributed by atoms with van der Waals surface area (Å²) in [6.45, 7) is 1.33. The topological polar surface area (TPSA) is 67.0 Å². The third-order valence-corrected chi connectivity index (χ3v) is 3.30. The van der Waals surface area contributed by atoms with Crippen molar-refractivity contribution in [2.45, 2.75) is 12.8 Å². The number of benzene rings is 1. The molecule has 5 heteroatoms. The number of anilines is 1. The lowest BCUT2D eigenvalue weighted by Crippen LogP contribution is -2.28. The second-order valence-corrected chi connectivity index (χ2v) is 4.49. The van der Waals surface area contributed by atoms with Crippen molar-refractivity contribution < 1.29 is 9.53 Å². The molecular formula is C13H15N3O2. The average molecular weight is 245 g/mol. The molecule has 1 fully saturated rings. The van der Waals surface area contributed by atoms with Gasteiger partial charge in [-0.3, -0.25) is 9.89 Å². The zero-order valence-corrected chi connectivity index (χ0v) is 9.98. The first kappa shape index (κ1) is 11.2. The summed E-state index contributed by atoms with van der Waals surface area (Å²) in [5.74, 6) is 0.687. The van der Waals surface area contributed by atoms with Crippen LogP contribution in [0.1, 0.15) is 12.8 Å². The predicted molar refractivity (Wildman–Crippen MR) is 68.3 cm³/mol. The normalized spacial score (nSPS) is 16.9. The summed E-state index contributed by atoms with van der Waals surface area (Å²) in [6, 6.07) is 7.75. The van der Waals surface area contributed by atoms with Gasteiger partial charge in [-0.05, 0) is 25.0 Å². The Morgan fingerprint density at radius 1 is 1.33 bits per heavy atom. The van der Waals surface area contributed by atoms with Crippen molar-refractivity contribution in [2.75, 3.05) is 18.5 Å². The molecule has 1 aromatic heterocycles. The molecule has 1 amide bonds. The first-order valence-electron chi connectivity index (χ1n) is 6.16. The number of hydrogen-bond donors (Lipinski definition) is 2. The van der Waals surface area contributed by atoms with Gasteiger partial charge in [-0.15, -0.1) is 0 Å². The molecule has 0 bridgehead atoms. The smallest absolute Gasteiger partial charge is 0.228 e. The van der Waals surface area contributed by atoms with Crippen LogP contribution >= 0.6 is 0 Å². The minimum absolute atomic E-state index is 0.0363. The molecule has 2 aromatic rings. The fourth-order valence-electron chi connectivity index (χ4n) is 2.24. The molecule has 1 aromatic carbocycles. The molecule has 1 saturated heterocycles. The van der Waals surface area contributed by atoms with Crippen molar-refractivity contribution >= 4 is 22.6 Å². The van der Waals surface area contributed by atoms with Gasteiger partial charge in [0.05, 0.1) is 5.52 Å². The Balaban J connectivity index is 1.77. The number of amides is 1. The van der Waals surface area contributed by atoms with Crippen molar-refractivity contribution in [3.05, 3.63) is 24.3 Å². The van der Waals surface area contributed by atoms with E-state index in [2.05, 4.69) is 15.5 Å². The molecule has 18 heavy (non-hydrogen) atoms. The molecular weight excluding hydrogens is 230 g/mol. The van der Waals surface area contributed by atoms with E-state index in [1.54, 1.807) is 0 Å². The molecule has 0 aliphatic carbocycles. The predicted octanol–water partition coefficient (Wildman–Crippen LogP) is 1.93. The van der Waals surface area contributed by atoms with Crippen LogP contribution in [0.15, 0.2) is 24.3 Å². The molecule has 5 nitrogen and oxygen atoms in total. The Bertz CT molecular complexity index is 558. The highest BCUT2D eigenvalue weighted by Gasteiger charge is 2.22. The van der Waals surface area contributed by atoms with Gasteiger partial charge in [-0.1, -0.05) is 12.1 Å². The lowest BCUT2D eigenvalue weighted by molar-refractivity contribution is -0.122. The highest BCUT2D eigenvalue weighted by molar-refractivity contribution is 6.00. The summed E-state index contributed by atoms with van der Waals surface area (Å²) in [4.78, 5) is 12.1. The van der Waals surface area contributed by atoms with Gasteiger partial charge in [0.25, 0.3) is 0 Å². The molecule has 2 N–H and O–H groups in total. The van der Waals surface area contributed by atoms with Crippen LogP contribution in [0.25, 0.3) is 10.9 Å². The third kappa shape index (κ3) is 2.09. The van der Waals surface area contributed by atoms with Crippen LogP contribution in [0.4, 0.5) is 5.82 Å². The van der Waals surface area contributed by atoms with Crippen LogP contribution in [0, 0.1) is 5.92 Å². The van der Waals surface area contributed by atoms with E-state index < -0.39 is 0 Å². The van der Waals surface area contributed by atoms with E-state index in [-0.39, 0.29) is 11.8 Å². The zero-order valence-electron chi connectivity index (χ0n) is 9.98. The van der Waals surface area contributed by atoms with E-state index in [0.29, 0.717) is 19.0 Å². The average Bonchev–Trinajstić information content (AvgIpc) is 2.83. The number of nitrogens with zero attached hydrogens (tertiary/aromatic N) is 1. The number of aromatic amines is 1. The number of hydrogen-bond acceptors (Lipinski definition) is 3. The van der Waals surface area contributed by atoms with Crippen molar-refractivity contribution in [3.63, 3.8) is 0 Å². The van der Waals surface area contributed by atoms with Crippen molar-refractivity contribution in [1.82, 2.24) is 10.2 Å². The molecule has 0 unspecified atom stereocenters. The fourth-order valence-corrected chi connectivity index (χ4v) is 2.24.